The molecule has 7 heteroatoms. The predicted octanol–water partition coefficient (Wildman–Crippen LogP) is 2.13. The van der Waals surface area contributed by atoms with Gasteiger partial charge in [-0.1, -0.05) is 35.9 Å². The van der Waals surface area contributed by atoms with Crippen LogP contribution in [0.1, 0.15) is 11.6 Å². The second kappa shape index (κ2) is 5.30. The van der Waals surface area contributed by atoms with Crippen LogP contribution in [0.2, 0.25) is 5.02 Å². The van der Waals surface area contributed by atoms with Crippen molar-refractivity contribution in [2.45, 2.75) is 16.2 Å². The SMILES string of the molecule is NC(=O)C1C(c2ccc(Cl)cc2)Nc2ccccc2S1(=O)=O. The standard InChI is InChI=1S/C15H13ClN2O3S/c16-10-7-5-9(6-8-10)13-14(15(17)19)22(20,21)12-4-2-1-3-11(12)18-13/h1-8,13-14,18H,(H2,17,19). The minimum Gasteiger partial charge on any atom is -0.375 e. The van der Waals surface area contributed by atoms with Gasteiger partial charge in [-0.3, -0.25) is 4.79 Å². The van der Waals surface area contributed by atoms with Crippen molar-refractivity contribution in [3.05, 3.63) is 59.1 Å². The molecule has 1 aliphatic rings. The van der Waals surface area contributed by atoms with Gasteiger partial charge in [0.2, 0.25) is 5.91 Å². The number of rotatable bonds is 2. The van der Waals surface area contributed by atoms with Gasteiger partial charge in [-0.05, 0) is 29.8 Å². The summed E-state index contributed by atoms with van der Waals surface area (Å²) in [5.41, 5.74) is 6.46. The van der Waals surface area contributed by atoms with Crippen LogP contribution in [-0.4, -0.2) is 19.6 Å². The van der Waals surface area contributed by atoms with Gasteiger partial charge in [0.25, 0.3) is 0 Å². The van der Waals surface area contributed by atoms with Gasteiger partial charge in [0.1, 0.15) is 0 Å². The molecule has 22 heavy (non-hydrogen) atoms. The summed E-state index contributed by atoms with van der Waals surface area (Å²) in [6, 6.07) is 12.4. The van der Waals surface area contributed by atoms with Crippen molar-refractivity contribution in [1.82, 2.24) is 0 Å². The smallest absolute Gasteiger partial charge is 0.238 e. The molecule has 0 radical (unpaired) electrons. The third-order valence-electron chi connectivity index (χ3n) is 3.65. The molecule has 1 amide bonds. The van der Waals surface area contributed by atoms with Crippen molar-refractivity contribution in [2.24, 2.45) is 5.73 Å². The summed E-state index contributed by atoms with van der Waals surface area (Å²) in [5.74, 6) is -0.887. The molecule has 2 aromatic carbocycles. The number of anilines is 1. The first-order chi connectivity index (χ1) is 10.4. The van der Waals surface area contributed by atoms with Crippen LogP contribution in [0.15, 0.2) is 53.4 Å². The number of nitrogens with one attached hydrogen (secondary N) is 1. The predicted molar refractivity (Wildman–Crippen MR) is 84.4 cm³/mol. The van der Waals surface area contributed by atoms with Crippen LogP contribution in [-0.2, 0) is 14.6 Å². The molecule has 0 saturated heterocycles. The molecule has 2 aromatic rings. The van der Waals surface area contributed by atoms with Gasteiger partial charge in [-0.25, -0.2) is 8.42 Å². The van der Waals surface area contributed by atoms with Crippen LogP contribution in [0, 0.1) is 0 Å². The Labute approximate surface area is 133 Å². The summed E-state index contributed by atoms with van der Waals surface area (Å²) in [6.45, 7) is 0. The maximum atomic E-state index is 12.7. The Kier molecular flexibility index (Phi) is 3.58. The molecule has 0 aliphatic carbocycles. The van der Waals surface area contributed by atoms with Gasteiger partial charge in [0.15, 0.2) is 15.1 Å². The van der Waals surface area contributed by atoms with Gasteiger partial charge in [0.05, 0.1) is 16.6 Å². The number of fused-ring (bicyclic) bond motifs is 1. The monoisotopic (exact) mass is 336 g/mol. The van der Waals surface area contributed by atoms with Gasteiger partial charge >= 0.3 is 0 Å². The highest BCUT2D eigenvalue weighted by Gasteiger charge is 2.45. The number of sulfone groups is 1. The number of hydrogen-bond acceptors (Lipinski definition) is 4. The molecule has 0 aromatic heterocycles. The molecule has 0 saturated carbocycles. The summed E-state index contributed by atoms with van der Waals surface area (Å²) in [5, 5.41) is 2.25. The number of carbonyl (C=O) groups excluding carboxylic acids is 1. The summed E-state index contributed by atoms with van der Waals surface area (Å²) in [6.07, 6.45) is 0. The van der Waals surface area contributed by atoms with E-state index in [1.807, 2.05) is 0 Å². The van der Waals surface area contributed by atoms with Crippen LogP contribution in [0.4, 0.5) is 5.69 Å². The second-order valence-corrected chi connectivity index (χ2v) is 7.51. The van der Waals surface area contributed by atoms with Crippen molar-refractivity contribution in [3.63, 3.8) is 0 Å². The van der Waals surface area contributed by atoms with E-state index in [4.69, 9.17) is 17.3 Å². The molecule has 3 rings (SSSR count). The van der Waals surface area contributed by atoms with Gasteiger partial charge in [-0.15, -0.1) is 0 Å². The summed E-state index contributed by atoms with van der Waals surface area (Å²) < 4.78 is 25.5. The van der Waals surface area contributed by atoms with E-state index in [0.717, 1.165) is 0 Å². The third kappa shape index (κ3) is 2.34. The average Bonchev–Trinajstić information content (AvgIpc) is 2.47. The van der Waals surface area contributed by atoms with Gasteiger partial charge < -0.3 is 11.1 Å². The molecular weight excluding hydrogens is 324 g/mol. The number of hydrogen-bond donors (Lipinski definition) is 2. The van der Waals surface area contributed by atoms with Crippen molar-refractivity contribution in [3.8, 4) is 0 Å². The Morgan fingerprint density at radius 3 is 2.36 bits per heavy atom. The zero-order chi connectivity index (χ0) is 15.9. The Hall–Kier alpha value is -2.05. The van der Waals surface area contributed by atoms with Crippen molar-refractivity contribution < 1.29 is 13.2 Å². The number of halogens is 1. The number of amides is 1. The summed E-state index contributed by atoms with van der Waals surface area (Å²) in [4.78, 5) is 11.9. The van der Waals surface area contributed by atoms with E-state index in [2.05, 4.69) is 5.32 Å². The second-order valence-electron chi connectivity index (χ2n) is 5.04. The molecule has 3 N–H and O–H groups in total. The highest BCUT2D eigenvalue weighted by Crippen LogP contribution is 2.39. The zero-order valence-electron chi connectivity index (χ0n) is 11.4. The summed E-state index contributed by atoms with van der Waals surface area (Å²) in [7, 11) is -3.86. The molecule has 2 unspecified atom stereocenters. The van der Waals surface area contributed by atoms with E-state index in [-0.39, 0.29) is 4.90 Å². The van der Waals surface area contributed by atoms with E-state index in [0.29, 0.717) is 16.3 Å². The first-order valence-corrected chi connectivity index (χ1v) is 8.48. The van der Waals surface area contributed by atoms with Crippen molar-refractivity contribution >= 4 is 33.0 Å². The Morgan fingerprint density at radius 1 is 1.09 bits per heavy atom. The lowest BCUT2D eigenvalue weighted by Gasteiger charge is -2.32. The number of nitrogens with two attached hydrogens (primary N) is 1. The normalized spacial score (nSPS) is 22.4. The van der Waals surface area contributed by atoms with Crippen LogP contribution in [0.3, 0.4) is 0 Å². The third-order valence-corrected chi connectivity index (χ3v) is 6.05. The lowest BCUT2D eigenvalue weighted by atomic mass is 10.0. The van der Waals surface area contributed by atoms with Crippen LogP contribution in [0.5, 0.6) is 0 Å². The maximum Gasteiger partial charge on any atom is 0.238 e. The molecule has 0 spiro atoms. The molecule has 2 atom stereocenters. The van der Waals surface area contributed by atoms with E-state index in [1.165, 1.54) is 6.07 Å². The highest BCUT2D eigenvalue weighted by molar-refractivity contribution is 7.93. The Morgan fingerprint density at radius 2 is 1.73 bits per heavy atom. The van der Waals surface area contributed by atoms with Crippen LogP contribution < -0.4 is 11.1 Å². The fourth-order valence-corrected chi connectivity index (χ4v) is 4.63. The van der Waals surface area contributed by atoms with Crippen molar-refractivity contribution in [2.75, 3.05) is 5.32 Å². The average molecular weight is 337 g/mol. The number of carbonyl (C=O) groups is 1. The molecule has 0 bridgehead atoms. The van der Waals surface area contributed by atoms with Crippen molar-refractivity contribution in [1.29, 1.82) is 0 Å². The largest absolute Gasteiger partial charge is 0.375 e. The molecular formula is C15H13ClN2O3S. The quantitative estimate of drug-likeness (QED) is 0.879. The number of para-hydroxylation sites is 1. The number of benzene rings is 2. The van der Waals surface area contributed by atoms with Gasteiger partial charge in [-0.2, -0.15) is 0 Å². The lowest BCUT2D eigenvalue weighted by Crippen LogP contribution is -2.46. The molecule has 1 aliphatic heterocycles. The fourth-order valence-electron chi connectivity index (χ4n) is 2.64. The minimum absolute atomic E-state index is 0.0870. The Balaban J connectivity index is 2.18. The van der Waals surface area contributed by atoms with E-state index < -0.39 is 27.0 Å². The van der Waals surface area contributed by atoms with Gasteiger partial charge in [0, 0.05) is 5.02 Å². The first kappa shape index (κ1) is 14.9. The van der Waals surface area contributed by atoms with E-state index in [9.17, 15) is 13.2 Å². The first-order valence-electron chi connectivity index (χ1n) is 6.55. The molecule has 1 heterocycles. The van der Waals surface area contributed by atoms with E-state index in [1.54, 1.807) is 42.5 Å². The van der Waals surface area contributed by atoms with Crippen LogP contribution in [0.25, 0.3) is 0 Å². The van der Waals surface area contributed by atoms with E-state index >= 15 is 0 Å². The number of primary amides is 1. The van der Waals surface area contributed by atoms with Crippen LogP contribution >= 0.6 is 11.6 Å². The molecule has 5 nitrogen and oxygen atoms in total. The molecule has 114 valence electrons. The molecule has 0 fully saturated rings. The zero-order valence-corrected chi connectivity index (χ0v) is 12.9. The highest BCUT2D eigenvalue weighted by atomic mass is 35.5. The maximum absolute atomic E-state index is 12.7. The fraction of sp³-hybridized carbons (Fsp3) is 0.133. The summed E-state index contributed by atoms with van der Waals surface area (Å²) >= 11 is 5.86. The Bertz CT molecular complexity index is 834. The minimum atomic E-state index is -3.86. The topological polar surface area (TPSA) is 89.3 Å². The lowest BCUT2D eigenvalue weighted by molar-refractivity contribution is -0.117.